The number of Topliss-reactive ketones (excluding diaryl/α,β-unsaturated/α-hetero) is 1. The first-order valence-corrected chi connectivity index (χ1v) is 6.82. The van der Waals surface area contributed by atoms with Gasteiger partial charge in [-0.25, -0.2) is 0 Å². The second kappa shape index (κ2) is 6.88. The van der Waals surface area contributed by atoms with Crippen LogP contribution >= 0.6 is 0 Å². The molecule has 1 nitrogen and oxygen atoms in total. The van der Waals surface area contributed by atoms with Crippen LogP contribution in [-0.2, 0) is 4.79 Å². The predicted octanol–water partition coefficient (Wildman–Crippen LogP) is 4.52. The van der Waals surface area contributed by atoms with Crippen LogP contribution in [-0.4, -0.2) is 5.78 Å². The molecule has 0 bridgehead atoms. The summed E-state index contributed by atoms with van der Waals surface area (Å²) in [6.07, 6.45) is 9.64. The summed E-state index contributed by atoms with van der Waals surface area (Å²) in [5.74, 6) is 1.80. The number of rotatable bonds is 5. The first-order valence-electron chi connectivity index (χ1n) is 6.82. The van der Waals surface area contributed by atoms with Gasteiger partial charge < -0.3 is 4.79 Å². The Balaban J connectivity index is 2.52. The van der Waals surface area contributed by atoms with E-state index in [9.17, 15) is 4.79 Å². The Morgan fingerprint density at radius 3 is 2.50 bits per heavy atom. The van der Waals surface area contributed by atoms with Crippen LogP contribution in [0.25, 0.3) is 0 Å². The topological polar surface area (TPSA) is 17.1 Å². The van der Waals surface area contributed by atoms with Gasteiger partial charge in [-0.2, -0.15) is 0 Å². The van der Waals surface area contributed by atoms with Crippen molar-refractivity contribution >= 4 is 5.78 Å². The Morgan fingerprint density at radius 2 is 1.88 bits per heavy atom. The molecule has 1 aliphatic rings. The minimum atomic E-state index is 0.294. The molecule has 1 aliphatic carbocycles. The van der Waals surface area contributed by atoms with E-state index >= 15 is 0 Å². The highest BCUT2D eigenvalue weighted by molar-refractivity contribution is 5.75. The summed E-state index contributed by atoms with van der Waals surface area (Å²) in [7, 11) is 0. The Morgan fingerprint density at radius 1 is 1.19 bits per heavy atom. The Bertz CT molecular complexity index is 242. The molecule has 1 saturated carbocycles. The lowest BCUT2D eigenvalue weighted by Crippen LogP contribution is -2.15. The quantitative estimate of drug-likeness (QED) is 0.494. The fourth-order valence-corrected chi connectivity index (χ4v) is 2.93. The third-order valence-corrected chi connectivity index (χ3v) is 4.01. The summed E-state index contributed by atoms with van der Waals surface area (Å²) >= 11 is 0. The smallest absolute Gasteiger partial charge is 0.130 e. The van der Waals surface area contributed by atoms with Gasteiger partial charge >= 0.3 is 0 Å². The molecule has 0 aliphatic heterocycles. The van der Waals surface area contributed by atoms with E-state index in [0.29, 0.717) is 18.1 Å². The third-order valence-electron chi connectivity index (χ3n) is 4.01. The van der Waals surface area contributed by atoms with Crippen LogP contribution < -0.4 is 0 Å². The SMILES string of the molecule is C=C(CCC(C)=O)[C@@H]1CCCCC[C@@H]1CC. The van der Waals surface area contributed by atoms with Crippen molar-refractivity contribution < 1.29 is 4.79 Å². The normalized spacial score (nSPS) is 26.1. The van der Waals surface area contributed by atoms with E-state index in [4.69, 9.17) is 0 Å². The van der Waals surface area contributed by atoms with Gasteiger partial charge in [0.2, 0.25) is 0 Å². The van der Waals surface area contributed by atoms with Gasteiger partial charge in [-0.05, 0) is 38.0 Å². The maximum atomic E-state index is 11.0. The summed E-state index contributed by atoms with van der Waals surface area (Å²) in [5.41, 5.74) is 1.34. The lowest BCUT2D eigenvalue weighted by molar-refractivity contribution is -0.117. The van der Waals surface area contributed by atoms with Crippen molar-refractivity contribution in [2.45, 2.75) is 65.2 Å². The fraction of sp³-hybridized carbons (Fsp3) is 0.800. The van der Waals surface area contributed by atoms with E-state index in [2.05, 4.69) is 13.5 Å². The van der Waals surface area contributed by atoms with Gasteiger partial charge in [-0.1, -0.05) is 44.8 Å². The van der Waals surface area contributed by atoms with Gasteiger partial charge in [-0.3, -0.25) is 0 Å². The van der Waals surface area contributed by atoms with Gasteiger partial charge in [0.05, 0.1) is 0 Å². The molecule has 0 aromatic heterocycles. The number of hydrogen-bond acceptors (Lipinski definition) is 1. The van der Waals surface area contributed by atoms with Crippen molar-refractivity contribution in [3.8, 4) is 0 Å². The summed E-state index contributed by atoms with van der Waals surface area (Å²) in [4.78, 5) is 11.0. The summed E-state index contributed by atoms with van der Waals surface area (Å²) < 4.78 is 0. The number of ketones is 1. The molecule has 0 aromatic carbocycles. The molecule has 0 aromatic rings. The van der Waals surface area contributed by atoms with Gasteiger partial charge in [-0.15, -0.1) is 0 Å². The average Bonchev–Trinajstić information content (AvgIpc) is 2.50. The summed E-state index contributed by atoms with van der Waals surface area (Å²) in [5, 5.41) is 0. The second-order valence-corrected chi connectivity index (χ2v) is 5.27. The van der Waals surface area contributed by atoms with Crippen LogP contribution in [0, 0.1) is 11.8 Å². The predicted molar refractivity (Wildman–Crippen MR) is 69.4 cm³/mol. The zero-order chi connectivity index (χ0) is 12.0. The van der Waals surface area contributed by atoms with Crippen LogP contribution in [0.5, 0.6) is 0 Å². The largest absolute Gasteiger partial charge is 0.300 e. The molecule has 1 fully saturated rings. The lowest BCUT2D eigenvalue weighted by atomic mass is 9.79. The summed E-state index contributed by atoms with van der Waals surface area (Å²) in [6.45, 7) is 8.21. The molecule has 1 rings (SSSR count). The first-order chi connectivity index (χ1) is 7.65. The van der Waals surface area contributed by atoms with E-state index < -0.39 is 0 Å². The van der Waals surface area contributed by atoms with E-state index in [1.165, 1.54) is 44.1 Å². The molecule has 0 radical (unpaired) electrons. The highest BCUT2D eigenvalue weighted by Crippen LogP contribution is 2.36. The zero-order valence-corrected chi connectivity index (χ0v) is 10.9. The van der Waals surface area contributed by atoms with Crippen LogP contribution in [0.2, 0.25) is 0 Å². The molecule has 0 N–H and O–H groups in total. The van der Waals surface area contributed by atoms with Crippen molar-refractivity contribution in [2.24, 2.45) is 11.8 Å². The molecule has 0 saturated heterocycles. The molecule has 92 valence electrons. The van der Waals surface area contributed by atoms with Crippen molar-refractivity contribution in [1.82, 2.24) is 0 Å². The van der Waals surface area contributed by atoms with Crippen LogP contribution in [0.3, 0.4) is 0 Å². The second-order valence-electron chi connectivity index (χ2n) is 5.27. The molecule has 1 heteroatoms. The maximum absolute atomic E-state index is 11.0. The minimum absolute atomic E-state index is 0.294. The summed E-state index contributed by atoms with van der Waals surface area (Å²) in [6, 6.07) is 0. The third kappa shape index (κ3) is 4.11. The Hall–Kier alpha value is -0.590. The van der Waals surface area contributed by atoms with Crippen molar-refractivity contribution in [3.63, 3.8) is 0 Å². The molecular weight excluding hydrogens is 196 g/mol. The van der Waals surface area contributed by atoms with Crippen LogP contribution in [0.4, 0.5) is 0 Å². The monoisotopic (exact) mass is 222 g/mol. The first kappa shape index (κ1) is 13.5. The highest BCUT2D eigenvalue weighted by atomic mass is 16.1. The number of carbonyl (C=O) groups is 1. The number of hydrogen-bond donors (Lipinski definition) is 0. The highest BCUT2D eigenvalue weighted by Gasteiger charge is 2.24. The zero-order valence-electron chi connectivity index (χ0n) is 10.9. The minimum Gasteiger partial charge on any atom is -0.300 e. The molecule has 2 atom stereocenters. The molecule has 0 heterocycles. The Kier molecular flexibility index (Phi) is 5.79. The van der Waals surface area contributed by atoms with Gasteiger partial charge in [0.25, 0.3) is 0 Å². The van der Waals surface area contributed by atoms with Gasteiger partial charge in [0, 0.05) is 6.42 Å². The lowest BCUT2D eigenvalue weighted by Gasteiger charge is -2.26. The average molecular weight is 222 g/mol. The number of carbonyl (C=O) groups excluding carboxylic acids is 1. The maximum Gasteiger partial charge on any atom is 0.130 e. The molecule has 0 unspecified atom stereocenters. The van der Waals surface area contributed by atoms with Gasteiger partial charge in [0.15, 0.2) is 0 Å². The number of allylic oxidation sites excluding steroid dienone is 1. The van der Waals surface area contributed by atoms with E-state index in [0.717, 1.165) is 12.3 Å². The molecule has 16 heavy (non-hydrogen) atoms. The molecular formula is C15H26O. The van der Waals surface area contributed by atoms with Crippen LogP contribution in [0.15, 0.2) is 12.2 Å². The van der Waals surface area contributed by atoms with Gasteiger partial charge in [0.1, 0.15) is 5.78 Å². The van der Waals surface area contributed by atoms with Crippen molar-refractivity contribution in [1.29, 1.82) is 0 Å². The van der Waals surface area contributed by atoms with Crippen LogP contribution in [0.1, 0.15) is 65.2 Å². The molecule has 0 spiro atoms. The molecule has 0 amide bonds. The van der Waals surface area contributed by atoms with Crippen molar-refractivity contribution in [2.75, 3.05) is 0 Å². The Labute approximate surface area is 100 Å². The fourth-order valence-electron chi connectivity index (χ4n) is 2.93. The van der Waals surface area contributed by atoms with E-state index in [1.807, 2.05) is 0 Å². The van der Waals surface area contributed by atoms with E-state index in [1.54, 1.807) is 6.92 Å². The van der Waals surface area contributed by atoms with Crippen molar-refractivity contribution in [3.05, 3.63) is 12.2 Å². The van der Waals surface area contributed by atoms with E-state index in [-0.39, 0.29) is 0 Å². The standard InChI is InChI=1S/C15H26O/c1-4-14-8-6-5-7-9-15(14)12(2)10-11-13(3)16/h14-15H,2,4-11H2,1,3H3/t14-,15-/m0/s1.